The van der Waals surface area contributed by atoms with Gasteiger partial charge in [0.25, 0.3) is 0 Å². The SMILES string of the molecule is CC(C)N1CC(c2ccccc2)OCC1=O. The lowest BCUT2D eigenvalue weighted by molar-refractivity contribution is -0.151. The van der Waals surface area contributed by atoms with Crippen LogP contribution in [0.25, 0.3) is 0 Å². The van der Waals surface area contributed by atoms with Crippen LogP contribution in [0, 0.1) is 0 Å². The van der Waals surface area contributed by atoms with Gasteiger partial charge < -0.3 is 9.64 Å². The van der Waals surface area contributed by atoms with Crippen molar-refractivity contribution in [1.82, 2.24) is 4.90 Å². The van der Waals surface area contributed by atoms with E-state index in [4.69, 9.17) is 4.74 Å². The Balaban J connectivity index is 2.12. The summed E-state index contributed by atoms with van der Waals surface area (Å²) in [5.41, 5.74) is 1.14. The molecule has 1 amide bonds. The first kappa shape index (κ1) is 11.1. The molecule has 0 radical (unpaired) electrons. The van der Waals surface area contributed by atoms with Crippen LogP contribution >= 0.6 is 0 Å². The molecule has 3 heteroatoms. The molecule has 1 aromatic rings. The molecule has 3 nitrogen and oxygen atoms in total. The highest BCUT2D eigenvalue weighted by atomic mass is 16.5. The number of rotatable bonds is 2. The van der Waals surface area contributed by atoms with Crippen molar-refractivity contribution >= 4 is 5.91 Å². The molecule has 2 rings (SSSR count). The van der Waals surface area contributed by atoms with Crippen molar-refractivity contribution in [2.75, 3.05) is 13.2 Å². The topological polar surface area (TPSA) is 29.5 Å². The highest BCUT2D eigenvalue weighted by molar-refractivity contribution is 5.78. The summed E-state index contributed by atoms with van der Waals surface area (Å²) in [5.74, 6) is 0.0854. The Hall–Kier alpha value is -1.35. The molecular formula is C13H17NO2. The van der Waals surface area contributed by atoms with Crippen molar-refractivity contribution in [2.24, 2.45) is 0 Å². The number of morpholine rings is 1. The van der Waals surface area contributed by atoms with Crippen molar-refractivity contribution in [3.05, 3.63) is 35.9 Å². The fraction of sp³-hybridized carbons (Fsp3) is 0.462. The normalized spacial score (nSPS) is 21.6. The molecule has 1 saturated heterocycles. The summed E-state index contributed by atoms with van der Waals surface area (Å²) >= 11 is 0. The number of benzene rings is 1. The number of nitrogens with zero attached hydrogens (tertiary/aromatic N) is 1. The molecule has 1 aliphatic heterocycles. The van der Waals surface area contributed by atoms with E-state index in [1.54, 1.807) is 0 Å². The lowest BCUT2D eigenvalue weighted by Gasteiger charge is -2.35. The van der Waals surface area contributed by atoms with Crippen molar-refractivity contribution in [2.45, 2.75) is 26.0 Å². The number of ether oxygens (including phenoxy) is 1. The summed E-state index contributed by atoms with van der Waals surface area (Å²) in [6.07, 6.45) is 0.0151. The summed E-state index contributed by atoms with van der Waals surface area (Å²) < 4.78 is 5.57. The van der Waals surface area contributed by atoms with Crippen LogP contribution in [0.5, 0.6) is 0 Å². The van der Waals surface area contributed by atoms with Gasteiger partial charge in [0.1, 0.15) is 12.7 Å². The van der Waals surface area contributed by atoms with Crippen molar-refractivity contribution in [3.8, 4) is 0 Å². The first-order valence-electron chi connectivity index (χ1n) is 5.64. The quantitative estimate of drug-likeness (QED) is 0.761. The van der Waals surface area contributed by atoms with Crippen molar-refractivity contribution in [1.29, 1.82) is 0 Å². The summed E-state index contributed by atoms with van der Waals surface area (Å²) in [5, 5.41) is 0. The van der Waals surface area contributed by atoms with E-state index in [2.05, 4.69) is 0 Å². The predicted octanol–water partition coefficient (Wildman–Crippen LogP) is 1.99. The average molecular weight is 219 g/mol. The second kappa shape index (κ2) is 4.66. The third-order valence-corrected chi connectivity index (χ3v) is 2.89. The molecule has 0 bridgehead atoms. The van der Waals surface area contributed by atoms with Gasteiger partial charge in [-0.05, 0) is 19.4 Å². The molecule has 0 spiro atoms. The third kappa shape index (κ3) is 2.25. The molecule has 16 heavy (non-hydrogen) atoms. The van der Waals surface area contributed by atoms with Gasteiger partial charge in [0.05, 0.1) is 6.54 Å². The van der Waals surface area contributed by atoms with E-state index in [1.807, 2.05) is 49.1 Å². The second-order valence-corrected chi connectivity index (χ2v) is 4.35. The Kier molecular flexibility index (Phi) is 3.25. The molecule has 0 aliphatic carbocycles. The minimum absolute atomic E-state index is 0.0151. The maximum atomic E-state index is 11.6. The van der Waals surface area contributed by atoms with E-state index in [0.29, 0.717) is 6.54 Å². The van der Waals surface area contributed by atoms with Gasteiger partial charge in [-0.2, -0.15) is 0 Å². The largest absolute Gasteiger partial charge is 0.362 e. The van der Waals surface area contributed by atoms with Gasteiger partial charge in [-0.25, -0.2) is 0 Å². The third-order valence-electron chi connectivity index (χ3n) is 2.89. The van der Waals surface area contributed by atoms with Gasteiger partial charge in [-0.15, -0.1) is 0 Å². The molecule has 1 aliphatic rings. The van der Waals surface area contributed by atoms with E-state index in [9.17, 15) is 4.79 Å². The van der Waals surface area contributed by atoms with E-state index >= 15 is 0 Å². The van der Waals surface area contributed by atoms with Crippen molar-refractivity contribution in [3.63, 3.8) is 0 Å². The minimum atomic E-state index is 0.0151. The zero-order chi connectivity index (χ0) is 11.5. The van der Waals surface area contributed by atoms with Crippen LogP contribution in [0.1, 0.15) is 25.5 Å². The fourth-order valence-corrected chi connectivity index (χ4v) is 1.96. The zero-order valence-electron chi connectivity index (χ0n) is 9.72. The minimum Gasteiger partial charge on any atom is -0.362 e. The van der Waals surface area contributed by atoms with E-state index in [0.717, 1.165) is 5.56 Å². The van der Waals surface area contributed by atoms with Gasteiger partial charge in [-0.1, -0.05) is 30.3 Å². The van der Waals surface area contributed by atoms with Crippen LogP contribution in [0.4, 0.5) is 0 Å². The zero-order valence-corrected chi connectivity index (χ0v) is 9.72. The molecule has 1 atom stereocenters. The number of amides is 1. The predicted molar refractivity (Wildman–Crippen MR) is 62.0 cm³/mol. The van der Waals surface area contributed by atoms with Gasteiger partial charge in [-0.3, -0.25) is 4.79 Å². The molecule has 1 fully saturated rings. The standard InChI is InChI=1S/C13H17NO2/c1-10(2)14-8-12(16-9-13(14)15)11-6-4-3-5-7-11/h3-7,10,12H,8-9H2,1-2H3. The first-order valence-corrected chi connectivity index (χ1v) is 5.64. The summed E-state index contributed by atoms with van der Waals surface area (Å²) in [4.78, 5) is 13.5. The Labute approximate surface area is 96.0 Å². The molecule has 1 heterocycles. The Morgan fingerprint density at radius 1 is 1.31 bits per heavy atom. The highest BCUT2D eigenvalue weighted by Gasteiger charge is 2.28. The Morgan fingerprint density at radius 2 is 2.00 bits per heavy atom. The molecule has 0 N–H and O–H groups in total. The van der Waals surface area contributed by atoms with E-state index in [1.165, 1.54) is 0 Å². The van der Waals surface area contributed by atoms with E-state index < -0.39 is 0 Å². The van der Waals surface area contributed by atoms with Crippen molar-refractivity contribution < 1.29 is 9.53 Å². The van der Waals surface area contributed by atoms with Crippen LogP contribution in [0.3, 0.4) is 0 Å². The van der Waals surface area contributed by atoms with Crippen LogP contribution in [0.2, 0.25) is 0 Å². The lowest BCUT2D eigenvalue weighted by atomic mass is 10.1. The molecule has 1 unspecified atom stereocenters. The molecule has 86 valence electrons. The number of carbonyl (C=O) groups excluding carboxylic acids is 1. The summed E-state index contributed by atoms with van der Waals surface area (Å²) in [6.45, 7) is 4.91. The smallest absolute Gasteiger partial charge is 0.248 e. The lowest BCUT2D eigenvalue weighted by Crippen LogP contribution is -2.46. The van der Waals surface area contributed by atoms with Gasteiger partial charge in [0.2, 0.25) is 5.91 Å². The monoisotopic (exact) mass is 219 g/mol. The molecule has 0 aromatic heterocycles. The molecular weight excluding hydrogens is 202 g/mol. The maximum Gasteiger partial charge on any atom is 0.248 e. The summed E-state index contributed by atoms with van der Waals surface area (Å²) in [7, 11) is 0. The van der Waals surface area contributed by atoms with Crippen LogP contribution in [0.15, 0.2) is 30.3 Å². The number of carbonyl (C=O) groups is 1. The Morgan fingerprint density at radius 3 is 2.62 bits per heavy atom. The second-order valence-electron chi connectivity index (χ2n) is 4.35. The van der Waals surface area contributed by atoms with Gasteiger partial charge in [0, 0.05) is 6.04 Å². The fourth-order valence-electron chi connectivity index (χ4n) is 1.96. The van der Waals surface area contributed by atoms with Gasteiger partial charge in [0.15, 0.2) is 0 Å². The average Bonchev–Trinajstić information content (AvgIpc) is 2.30. The van der Waals surface area contributed by atoms with Crippen LogP contribution < -0.4 is 0 Å². The maximum absolute atomic E-state index is 11.6. The number of hydrogen-bond donors (Lipinski definition) is 0. The first-order chi connectivity index (χ1) is 7.68. The van der Waals surface area contributed by atoms with Crippen LogP contribution in [-0.4, -0.2) is 30.0 Å². The van der Waals surface area contributed by atoms with Crippen LogP contribution in [-0.2, 0) is 9.53 Å². The van der Waals surface area contributed by atoms with Gasteiger partial charge >= 0.3 is 0 Å². The molecule has 0 saturated carbocycles. The highest BCUT2D eigenvalue weighted by Crippen LogP contribution is 2.23. The van der Waals surface area contributed by atoms with E-state index in [-0.39, 0.29) is 24.7 Å². The molecule has 1 aromatic carbocycles. The Bertz CT molecular complexity index is 361. The number of hydrogen-bond acceptors (Lipinski definition) is 2. The summed E-state index contributed by atoms with van der Waals surface area (Å²) in [6, 6.07) is 10.3.